The molecule has 0 unspecified atom stereocenters. The number of H-pyrrole nitrogens is 1. The Kier molecular flexibility index (Phi) is 5.15. The molecule has 0 saturated heterocycles. The SMILES string of the molecule is CCCSC(=S)c1c(C)[nH]n(-c2ccc([N+](=O)[O-])cc2)c1=O. The molecule has 116 valence electrons. The number of thioether (sulfide) groups is 1. The van der Waals surface area contributed by atoms with Crippen LogP contribution in [0.5, 0.6) is 0 Å². The van der Waals surface area contributed by atoms with Crippen LogP contribution in [0.25, 0.3) is 5.69 Å². The van der Waals surface area contributed by atoms with Crippen molar-refractivity contribution >= 4 is 33.9 Å². The maximum atomic E-state index is 12.5. The standard InChI is InChI=1S/C14H15N3O3S2/c1-3-8-22-14(21)12-9(2)15-16(13(12)18)10-4-6-11(7-5-10)17(19)20/h4-7,15H,3,8H2,1-2H3. The minimum Gasteiger partial charge on any atom is -0.295 e. The molecule has 0 bridgehead atoms. The largest absolute Gasteiger partial charge is 0.295 e. The Morgan fingerprint density at radius 2 is 2.05 bits per heavy atom. The highest BCUT2D eigenvalue weighted by molar-refractivity contribution is 8.23. The molecule has 2 rings (SSSR count). The van der Waals surface area contributed by atoms with Gasteiger partial charge in [-0.1, -0.05) is 19.1 Å². The first kappa shape index (κ1) is 16.4. The molecule has 2 aromatic rings. The number of rotatable bonds is 5. The molecule has 8 heteroatoms. The molecule has 1 aromatic carbocycles. The summed E-state index contributed by atoms with van der Waals surface area (Å²) in [4.78, 5) is 22.7. The van der Waals surface area contributed by atoms with Crippen molar-refractivity contribution in [1.82, 2.24) is 9.78 Å². The van der Waals surface area contributed by atoms with Crippen molar-refractivity contribution in [3.63, 3.8) is 0 Å². The fourth-order valence-corrected chi connectivity index (χ4v) is 3.22. The molecule has 0 radical (unpaired) electrons. The Balaban J connectivity index is 2.39. The van der Waals surface area contributed by atoms with Gasteiger partial charge in [0.05, 0.1) is 20.4 Å². The van der Waals surface area contributed by atoms with Crippen LogP contribution in [-0.4, -0.2) is 24.7 Å². The summed E-state index contributed by atoms with van der Waals surface area (Å²) in [5, 5.41) is 13.6. The lowest BCUT2D eigenvalue weighted by atomic mass is 10.3. The minimum absolute atomic E-state index is 0.0191. The van der Waals surface area contributed by atoms with Gasteiger partial charge in [0.2, 0.25) is 0 Å². The Bertz CT molecular complexity index is 763. The van der Waals surface area contributed by atoms with E-state index in [4.69, 9.17) is 12.2 Å². The second kappa shape index (κ2) is 6.89. The lowest BCUT2D eigenvalue weighted by molar-refractivity contribution is -0.384. The molecule has 0 fully saturated rings. The van der Waals surface area contributed by atoms with E-state index in [2.05, 4.69) is 12.0 Å². The summed E-state index contributed by atoms with van der Waals surface area (Å²) in [5.74, 6) is 0.862. The van der Waals surface area contributed by atoms with E-state index in [1.807, 2.05) is 0 Å². The topological polar surface area (TPSA) is 80.9 Å². The normalized spacial score (nSPS) is 10.6. The Labute approximate surface area is 136 Å². The number of hydrogen-bond donors (Lipinski definition) is 1. The zero-order valence-electron chi connectivity index (χ0n) is 12.2. The number of nitrogens with one attached hydrogen (secondary N) is 1. The second-order valence-corrected chi connectivity index (χ2v) is 6.43. The number of aryl methyl sites for hydroxylation is 1. The van der Waals surface area contributed by atoms with E-state index in [9.17, 15) is 14.9 Å². The number of nitro groups is 1. The van der Waals surface area contributed by atoms with Gasteiger partial charge in [-0.2, -0.15) is 0 Å². The van der Waals surface area contributed by atoms with E-state index in [-0.39, 0.29) is 11.2 Å². The molecular formula is C14H15N3O3S2. The zero-order chi connectivity index (χ0) is 16.3. The summed E-state index contributed by atoms with van der Waals surface area (Å²) < 4.78 is 1.92. The van der Waals surface area contributed by atoms with Crippen LogP contribution >= 0.6 is 24.0 Å². The lowest BCUT2D eigenvalue weighted by Gasteiger charge is -2.01. The fourth-order valence-electron chi connectivity index (χ4n) is 1.96. The molecule has 22 heavy (non-hydrogen) atoms. The van der Waals surface area contributed by atoms with Gasteiger partial charge in [-0.3, -0.25) is 20.0 Å². The quantitative estimate of drug-likeness (QED) is 0.515. The molecule has 1 aromatic heterocycles. The maximum Gasteiger partial charge on any atom is 0.280 e. The van der Waals surface area contributed by atoms with Crippen LogP contribution in [0, 0.1) is 17.0 Å². The molecule has 0 aliphatic heterocycles. The van der Waals surface area contributed by atoms with Gasteiger partial charge in [0.1, 0.15) is 0 Å². The van der Waals surface area contributed by atoms with Gasteiger partial charge in [0, 0.05) is 17.8 Å². The summed E-state index contributed by atoms with van der Waals surface area (Å²) in [6.45, 7) is 3.84. The first-order chi connectivity index (χ1) is 10.5. The number of nitro benzene ring substituents is 1. The van der Waals surface area contributed by atoms with Gasteiger partial charge >= 0.3 is 0 Å². The summed E-state index contributed by atoms with van der Waals surface area (Å²) in [6.07, 6.45) is 0.977. The lowest BCUT2D eigenvalue weighted by Crippen LogP contribution is -2.19. The predicted octanol–water partition coefficient (Wildman–Crippen LogP) is 3.20. The molecule has 6 nitrogen and oxygen atoms in total. The fraction of sp³-hybridized carbons (Fsp3) is 0.286. The molecule has 0 aliphatic carbocycles. The van der Waals surface area contributed by atoms with Crippen LogP contribution in [0.15, 0.2) is 29.1 Å². The number of aromatic amines is 1. The van der Waals surface area contributed by atoms with Crippen molar-refractivity contribution in [1.29, 1.82) is 0 Å². The van der Waals surface area contributed by atoms with Crippen LogP contribution in [0.4, 0.5) is 5.69 Å². The van der Waals surface area contributed by atoms with Gasteiger partial charge in [-0.05, 0) is 31.2 Å². The summed E-state index contributed by atoms with van der Waals surface area (Å²) in [6, 6.07) is 5.78. The Hall–Kier alpha value is -1.93. The van der Waals surface area contributed by atoms with Crippen molar-refractivity contribution in [2.75, 3.05) is 5.75 Å². The summed E-state index contributed by atoms with van der Waals surface area (Å²) in [7, 11) is 0. The van der Waals surface area contributed by atoms with Crippen LogP contribution in [0.2, 0.25) is 0 Å². The molecular weight excluding hydrogens is 322 g/mol. The summed E-state index contributed by atoms with van der Waals surface area (Å²) in [5.41, 5.74) is 1.46. The van der Waals surface area contributed by atoms with E-state index in [1.54, 1.807) is 6.92 Å². The van der Waals surface area contributed by atoms with Crippen LogP contribution in [0.3, 0.4) is 0 Å². The Morgan fingerprint density at radius 1 is 1.41 bits per heavy atom. The molecule has 0 saturated carbocycles. The molecule has 0 spiro atoms. The molecule has 0 atom stereocenters. The number of aromatic nitrogens is 2. The number of nitrogens with zero attached hydrogens (tertiary/aromatic N) is 2. The van der Waals surface area contributed by atoms with Gasteiger partial charge < -0.3 is 0 Å². The predicted molar refractivity (Wildman–Crippen MR) is 92.2 cm³/mol. The molecule has 0 aliphatic rings. The van der Waals surface area contributed by atoms with Gasteiger partial charge in [0.15, 0.2) is 0 Å². The van der Waals surface area contributed by atoms with Crippen molar-refractivity contribution in [3.8, 4) is 5.69 Å². The van der Waals surface area contributed by atoms with Crippen LogP contribution in [0.1, 0.15) is 24.6 Å². The van der Waals surface area contributed by atoms with E-state index in [0.29, 0.717) is 21.1 Å². The second-order valence-electron chi connectivity index (χ2n) is 4.66. The Morgan fingerprint density at radius 3 is 2.59 bits per heavy atom. The zero-order valence-corrected chi connectivity index (χ0v) is 13.8. The number of thiocarbonyl (C=S) groups is 1. The van der Waals surface area contributed by atoms with E-state index in [1.165, 1.54) is 40.7 Å². The van der Waals surface area contributed by atoms with Gasteiger partial charge in [0.25, 0.3) is 11.2 Å². The maximum absolute atomic E-state index is 12.5. The first-order valence-electron chi connectivity index (χ1n) is 6.69. The number of non-ortho nitro benzene ring substituents is 1. The van der Waals surface area contributed by atoms with Crippen molar-refractivity contribution in [2.45, 2.75) is 20.3 Å². The number of benzene rings is 1. The van der Waals surface area contributed by atoms with Gasteiger partial charge in [-0.25, -0.2) is 4.68 Å². The third kappa shape index (κ3) is 3.28. The third-order valence-electron chi connectivity index (χ3n) is 3.03. The minimum atomic E-state index is -0.478. The average Bonchev–Trinajstić information content (AvgIpc) is 2.80. The van der Waals surface area contributed by atoms with Crippen molar-refractivity contribution in [2.24, 2.45) is 0 Å². The molecule has 0 amide bonds. The van der Waals surface area contributed by atoms with E-state index < -0.39 is 4.92 Å². The third-order valence-corrected chi connectivity index (χ3v) is 4.67. The smallest absolute Gasteiger partial charge is 0.280 e. The van der Waals surface area contributed by atoms with Crippen LogP contribution < -0.4 is 5.56 Å². The molecule has 1 N–H and O–H groups in total. The highest BCUT2D eigenvalue weighted by atomic mass is 32.2. The van der Waals surface area contributed by atoms with Gasteiger partial charge in [-0.15, -0.1) is 11.8 Å². The highest BCUT2D eigenvalue weighted by Gasteiger charge is 2.17. The monoisotopic (exact) mass is 337 g/mol. The van der Waals surface area contributed by atoms with E-state index in [0.717, 1.165) is 12.2 Å². The van der Waals surface area contributed by atoms with E-state index >= 15 is 0 Å². The summed E-state index contributed by atoms with van der Waals surface area (Å²) >= 11 is 6.80. The first-order valence-corrected chi connectivity index (χ1v) is 8.08. The van der Waals surface area contributed by atoms with Crippen molar-refractivity contribution < 1.29 is 4.92 Å². The van der Waals surface area contributed by atoms with Crippen molar-refractivity contribution in [3.05, 3.63) is 56.0 Å². The van der Waals surface area contributed by atoms with Crippen LogP contribution in [-0.2, 0) is 0 Å². The highest BCUT2D eigenvalue weighted by Crippen LogP contribution is 2.17. The molecule has 1 heterocycles. The number of hydrogen-bond acceptors (Lipinski definition) is 5. The average molecular weight is 337 g/mol.